The van der Waals surface area contributed by atoms with Crippen molar-refractivity contribution in [3.8, 4) is 0 Å². The lowest BCUT2D eigenvalue weighted by molar-refractivity contribution is -0.00389. The van der Waals surface area contributed by atoms with E-state index in [1.54, 1.807) is 18.9 Å². The van der Waals surface area contributed by atoms with Gasteiger partial charge in [-0.1, -0.05) is 48.0 Å². The third-order valence-corrected chi connectivity index (χ3v) is 7.54. The molecule has 48 heavy (non-hydrogen) atoms. The van der Waals surface area contributed by atoms with Gasteiger partial charge in [0.2, 0.25) is 0 Å². The summed E-state index contributed by atoms with van der Waals surface area (Å²) in [7, 11) is 0. The molecule has 3 saturated heterocycles. The standard InChI is InChI=1S/C8H18N2.C8H17NO.C7H11NO.C6H11N3.C5H11N.C4H10/c1-8(2,3)10-6-4-9-5-7-10;1-8(2,3)9-4-6-10-7-5-9;1-7(2,3)6-4-9-5-8-6;1-6(2,3)9-5-7-4-8-9;1-2-4-6-5-3-1;1-4(2)3/h9H,4-7H2,1-3H3;4-7H2,1-3H3;2*4-5H,1-3H3;6H,1-5H2;4H,1-3H3. The number of nitrogens with zero attached hydrogens (tertiary/aromatic N) is 6. The van der Waals surface area contributed by atoms with E-state index in [0.29, 0.717) is 11.1 Å². The summed E-state index contributed by atoms with van der Waals surface area (Å²) in [5.41, 5.74) is 1.87. The predicted molar refractivity (Wildman–Crippen MR) is 204 cm³/mol. The van der Waals surface area contributed by atoms with Gasteiger partial charge in [0.25, 0.3) is 0 Å². The molecule has 0 saturated carbocycles. The van der Waals surface area contributed by atoms with Crippen molar-refractivity contribution >= 4 is 0 Å². The molecule has 2 aromatic heterocycles. The van der Waals surface area contributed by atoms with Crippen molar-refractivity contribution in [1.82, 2.24) is 40.2 Å². The van der Waals surface area contributed by atoms with Crippen molar-refractivity contribution in [2.45, 2.75) is 145 Å². The lowest BCUT2D eigenvalue weighted by atomic mass is 9.93. The van der Waals surface area contributed by atoms with E-state index in [1.165, 1.54) is 51.8 Å². The normalized spacial score (nSPS) is 17.8. The Balaban J connectivity index is 0.000000563. The molecule has 2 N–H and O–H groups in total. The Hall–Kier alpha value is -1.85. The SMILES string of the molecule is C1CCNCC1.CC(C)(C)N1CCNCC1.CC(C)(C)N1CCOCC1.CC(C)(C)c1cocn1.CC(C)(C)n1cncn1.CC(C)C. The highest BCUT2D eigenvalue weighted by Gasteiger charge is 2.23. The molecule has 0 amide bonds. The van der Waals surface area contributed by atoms with Gasteiger partial charge in [-0.25, -0.2) is 14.6 Å². The van der Waals surface area contributed by atoms with E-state index < -0.39 is 0 Å². The van der Waals surface area contributed by atoms with E-state index in [1.807, 2.05) is 4.68 Å². The summed E-state index contributed by atoms with van der Waals surface area (Å²) >= 11 is 0. The number of piperazine rings is 1. The van der Waals surface area contributed by atoms with Crippen molar-refractivity contribution in [3.05, 3.63) is 31.0 Å². The van der Waals surface area contributed by atoms with Crippen LogP contribution in [0.4, 0.5) is 0 Å². The fourth-order valence-electron chi connectivity index (χ4n) is 4.51. The summed E-state index contributed by atoms with van der Waals surface area (Å²) in [6.45, 7) is 43.8. The Morgan fingerprint density at radius 2 is 1.15 bits per heavy atom. The van der Waals surface area contributed by atoms with Gasteiger partial charge >= 0.3 is 0 Å². The van der Waals surface area contributed by atoms with Gasteiger partial charge in [-0.2, -0.15) is 5.10 Å². The molecular weight excluding hydrogens is 600 g/mol. The smallest absolute Gasteiger partial charge is 0.180 e. The molecule has 10 nitrogen and oxygen atoms in total. The topological polar surface area (TPSA) is 96.5 Å². The minimum absolute atomic E-state index is 0.0660. The number of aromatic nitrogens is 4. The maximum absolute atomic E-state index is 5.25. The summed E-state index contributed by atoms with van der Waals surface area (Å²) in [5, 5.41) is 10.6. The van der Waals surface area contributed by atoms with E-state index in [9.17, 15) is 0 Å². The lowest BCUT2D eigenvalue weighted by Crippen LogP contribution is -2.51. The Bertz CT molecular complexity index is 880. The lowest BCUT2D eigenvalue weighted by Gasteiger charge is -2.38. The zero-order valence-electron chi connectivity index (χ0n) is 34.1. The third-order valence-electron chi connectivity index (χ3n) is 7.54. The first-order chi connectivity index (χ1) is 22.2. The zero-order valence-corrected chi connectivity index (χ0v) is 34.1. The first kappa shape index (κ1) is 46.1. The van der Waals surface area contributed by atoms with Gasteiger partial charge in [0.05, 0.1) is 24.4 Å². The van der Waals surface area contributed by atoms with Gasteiger partial charge in [-0.15, -0.1) is 0 Å². The first-order valence-electron chi connectivity index (χ1n) is 18.4. The van der Waals surface area contributed by atoms with Crippen molar-refractivity contribution < 1.29 is 9.15 Å². The zero-order chi connectivity index (χ0) is 36.9. The van der Waals surface area contributed by atoms with Crippen LogP contribution in [0.2, 0.25) is 0 Å². The van der Waals surface area contributed by atoms with Crippen LogP contribution in [0, 0.1) is 5.92 Å². The molecule has 3 aliphatic rings. The minimum atomic E-state index is 0.0660. The second kappa shape index (κ2) is 23.5. The summed E-state index contributed by atoms with van der Waals surface area (Å²) in [6, 6.07) is 0. The van der Waals surface area contributed by atoms with Gasteiger partial charge in [-0.05, 0) is 94.2 Å². The molecule has 0 radical (unpaired) electrons. The van der Waals surface area contributed by atoms with Crippen molar-refractivity contribution in [1.29, 1.82) is 0 Å². The van der Waals surface area contributed by atoms with Gasteiger partial charge < -0.3 is 19.8 Å². The number of morpholine rings is 1. The van der Waals surface area contributed by atoms with E-state index in [4.69, 9.17) is 9.15 Å². The van der Waals surface area contributed by atoms with Crippen LogP contribution in [0.5, 0.6) is 0 Å². The Morgan fingerprint density at radius 3 is 1.38 bits per heavy atom. The molecule has 0 aliphatic carbocycles. The van der Waals surface area contributed by atoms with Gasteiger partial charge in [0, 0.05) is 55.8 Å². The minimum Gasteiger partial charge on any atom is -0.451 e. The molecular formula is C38H78N8O2. The van der Waals surface area contributed by atoms with Gasteiger partial charge in [0.15, 0.2) is 6.39 Å². The fourth-order valence-corrected chi connectivity index (χ4v) is 4.51. The van der Waals surface area contributed by atoms with Crippen LogP contribution in [0.15, 0.2) is 29.7 Å². The molecule has 282 valence electrons. The Kier molecular flexibility index (Phi) is 22.6. The second-order valence-corrected chi connectivity index (χ2v) is 17.4. The van der Waals surface area contributed by atoms with Crippen LogP contribution < -0.4 is 10.6 Å². The van der Waals surface area contributed by atoms with E-state index >= 15 is 0 Å². The van der Waals surface area contributed by atoms with Crippen LogP contribution in [0.1, 0.15) is 129 Å². The second-order valence-electron chi connectivity index (χ2n) is 17.4. The number of ether oxygens (including phenoxy) is 1. The highest BCUT2D eigenvalue weighted by molar-refractivity contribution is 5.05. The predicted octanol–water partition coefficient (Wildman–Crippen LogP) is 7.23. The largest absolute Gasteiger partial charge is 0.451 e. The number of oxazole rings is 1. The van der Waals surface area contributed by atoms with Crippen LogP contribution in [-0.2, 0) is 15.7 Å². The van der Waals surface area contributed by atoms with Crippen molar-refractivity contribution in [2.75, 3.05) is 65.6 Å². The van der Waals surface area contributed by atoms with Gasteiger partial charge in [-0.3, -0.25) is 9.80 Å². The quantitative estimate of drug-likeness (QED) is 0.299. The van der Waals surface area contributed by atoms with Crippen LogP contribution in [0.25, 0.3) is 0 Å². The Morgan fingerprint density at radius 1 is 0.667 bits per heavy atom. The van der Waals surface area contributed by atoms with Crippen molar-refractivity contribution in [2.24, 2.45) is 5.92 Å². The van der Waals surface area contributed by atoms with E-state index in [2.05, 4.69) is 139 Å². The molecule has 0 bridgehead atoms. The average molecular weight is 679 g/mol. The average Bonchev–Trinajstić information content (AvgIpc) is 3.75. The molecule has 3 aliphatic heterocycles. The number of piperidine rings is 1. The van der Waals surface area contributed by atoms with E-state index in [0.717, 1.165) is 51.0 Å². The fraction of sp³-hybridized carbons (Fsp3) is 0.868. The van der Waals surface area contributed by atoms with Crippen LogP contribution >= 0.6 is 0 Å². The molecule has 10 heteroatoms. The van der Waals surface area contributed by atoms with Gasteiger partial charge in [0.1, 0.15) is 18.9 Å². The van der Waals surface area contributed by atoms with E-state index in [-0.39, 0.29) is 11.0 Å². The Labute approximate surface area is 296 Å². The summed E-state index contributed by atoms with van der Waals surface area (Å²) in [6.07, 6.45) is 10.6. The number of hydrogen-bond acceptors (Lipinski definition) is 9. The maximum Gasteiger partial charge on any atom is 0.180 e. The molecule has 0 atom stereocenters. The van der Waals surface area contributed by atoms with Crippen LogP contribution in [0.3, 0.4) is 0 Å². The monoisotopic (exact) mass is 679 g/mol. The third kappa shape index (κ3) is 24.3. The molecule has 0 spiro atoms. The highest BCUT2D eigenvalue weighted by atomic mass is 16.5. The maximum atomic E-state index is 5.25. The van der Waals surface area contributed by atoms with Crippen molar-refractivity contribution in [3.63, 3.8) is 0 Å². The molecule has 5 heterocycles. The molecule has 5 rings (SSSR count). The van der Waals surface area contributed by atoms with Crippen LogP contribution in [-0.4, -0.2) is 106 Å². The number of rotatable bonds is 0. The summed E-state index contributed by atoms with van der Waals surface area (Å²) in [5.74, 6) is 0.833. The highest BCUT2D eigenvalue weighted by Crippen LogP contribution is 2.19. The molecule has 0 aromatic carbocycles. The molecule has 2 aromatic rings. The number of nitrogens with one attached hydrogen (secondary N) is 2. The first-order valence-corrected chi connectivity index (χ1v) is 18.4. The molecule has 0 unspecified atom stereocenters. The number of hydrogen-bond donors (Lipinski definition) is 2. The summed E-state index contributed by atoms with van der Waals surface area (Å²) < 4.78 is 11.9. The summed E-state index contributed by atoms with van der Waals surface area (Å²) in [4.78, 5) is 12.8. The molecule has 3 fully saturated rings.